The van der Waals surface area contributed by atoms with E-state index in [-0.39, 0.29) is 11.6 Å². The molecular weight excluding hydrogens is 368 g/mol. The lowest BCUT2D eigenvalue weighted by molar-refractivity contribution is 0.0937. The monoisotopic (exact) mass is 392 g/mol. The quantitative estimate of drug-likeness (QED) is 0.566. The van der Waals surface area contributed by atoms with Gasteiger partial charge in [-0.25, -0.2) is 0 Å². The zero-order valence-corrected chi connectivity index (χ0v) is 17.1. The fraction of sp³-hybridized carbons (Fsp3) is 0.400. The lowest BCUT2D eigenvalue weighted by atomic mass is 10.1. The number of aromatic nitrogens is 1. The number of nitrogens with zero attached hydrogens (tertiary/aromatic N) is 2. The standard InChI is InChI=1S/C20H25ClN2O2S/c1-4-22(5-2)14-19(24)15-12-18(23(13-15)10-11-26-3)20(25)16-8-6-7-9-17(16)21/h6-9,12-13H,4-5,10-11,14H2,1-3H3. The molecule has 0 saturated carbocycles. The van der Waals surface area contributed by atoms with Gasteiger partial charge in [0.25, 0.3) is 0 Å². The molecule has 0 unspecified atom stereocenters. The molecule has 0 fully saturated rings. The summed E-state index contributed by atoms with van der Waals surface area (Å²) in [6.45, 7) is 6.74. The Bertz CT molecular complexity index is 769. The fourth-order valence-electron chi connectivity index (χ4n) is 2.75. The highest BCUT2D eigenvalue weighted by atomic mass is 35.5. The van der Waals surface area contributed by atoms with Gasteiger partial charge in [0.1, 0.15) is 0 Å². The lowest BCUT2D eigenvalue weighted by Crippen LogP contribution is -2.29. The van der Waals surface area contributed by atoms with Crippen molar-refractivity contribution in [3.8, 4) is 0 Å². The maximum Gasteiger partial charge on any atom is 0.210 e. The van der Waals surface area contributed by atoms with Crippen LogP contribution in [0.2, 0.25) is 5.02 Å². The smallest absolute Gasteiger partial charge is 0.210 e. The summed E-state index contributed by atoms with van der Waals surface area (Å²) < 4.78 is 1.87. The molecule has 2 aromatic rings. The van der Waals surface area contributed by atoms with Gasteiger partial charge >= 0.3 is 0 Å². The maximum atomic E-state index is 13.0. The van der Waals surface area contributed by atoms with E-state index in [1.54, 1.807) is 48.3 Å². The largest absolute Gasteiger partial charge is 0.343 e. The van der Waals surface area contributed by atoms with E-state index < -0.39 is 0 Å². The predicted octanol–water partition coefficient (Wildman–Crippen LogP) is 4.26. The van der Waals surface area contributed by atoms with Crippen molar-refractivity contribution in [1.29, 1.82) is 0 Å². The fourth-order valence-corrected chi connectivity index (χ4v) is 3.35. The molecule has 2 rings (SSSR count). The van der Waals surface area contributed by atoms with Gasteiger partial charge in [-0.3, -0.25) is 14.5 Å². The molecule has 4 nitrogen and oxygen atoms in total. The number of thioether (sulfide) groups is 1. The van der Waals surface area contributed by atoms with Crippen molar-refractivity contribution in [3.63, 3.8) is 0 Å². The number of hydrogen-bond acceptors (Lipinski definition) is 4. The van der Waals surface area contributed by atoms with Crippen LogP contribution in [-0.2, 0) is 6.54 Å². The summed E-state index contributed by atoms with van der Waals surface area (Å²) in [4.78, 5) is 27.7. The van der Waals surface area contributed by atoms with Crippen molar-refractivity contribution in [2.24, 2.45) is 0 Å². The Morgan fingerprint density at radius 1 is 1.19 bits per heavy atom. The van der Waals surface area contributed by atoms with Crippen LogP contribution in [0.1, 0.15) is 40.3 Å². The summed E-state index contributed by atoms with van der Waals surface area (Å²) in [6, 6.07) is 8.72. The van der Waals surface area contributed by atoms with Crippen molar-refractivity contribution < 1.29 is 9.59 Å². The molecule has 0 amide bonds. The first-order valence-corrected chi connectivity index (χ1v) is 10.5. The first-order chi connectivity index (χ1) is 12.5. The number of likely N-dealkylation sites (N-methyl/N-ethyl adjacent to an activating group) is 1. The van der Waals surface area contributed by atoms with E-state index >= 15 is 0 Å². The minimum Gasteiger partial charge on any atom is -0.343 e. The molecule has 0 N–H and O–H groups in total. The second kappa shape index (κ2) is 9.95. The molecule has 0 atom stereocenters. The Balaban J connectivity index is 2.35. The topological polar surface area (TPSA) is 42.3 Å². The molecule has 0 aliphatic carbocycles. The molecule has 26 heavy (non-hydrogen) atoms. The number of carbonyl (C=O) groups is 2. The maximum absolute atomic E-state index is 13.0. The minimum absolute atomic E-state index is 0.0322. The van der Waals surface area contributed by atoms with Crippen molar-refractivity contribution in [2.45, 2.75) is 20.4 Å². The third-order valence-electron chi connectivity index (χ3n) is 4.37. The first kappa shape index (κ1) is 20.7. The minimum atomic E-state index is -0.154. The summed E-state index contributed by atoms with van der Waals surface area (Å²) in [7, 11) is 0. The number of aryl methyl sites for hydroxylation is 1. The number of hydrogen-bond donors (Lipinski definition) is 0. The van der Waals surface area contributed by atoms with Gasteiger partial charge in [-0.2, -0.15) is 11.8 Å². The Labute approximate surface area is 164 Å². The van der Waals surface area contributed by atoms with Gasteiger partial charge in [0.2, 0.25) is 5.78 Å². The van der Waals surface area contributed by atoms with Crippen LogP contribution in [0.3, 0.4) is 0 Å². The third-order valence-corrected chi connectivity index (χ3v) is 5.29. The van der Waals surface area contributed by atoms with Gasteiger partial charge in [0, 0.05) is 29.6 Å². The summed E-state index contributed by atoms with van der Waals surface area (Å²) in [6.07, 6.45) is 3.82. The second-order valence-electron chi connectivity index (χ2n) is 5.99. The highest BCUT2D eigenvalue weighted by molar-refractivity contribution is 7.98. The molecule has 1 heterocycles. The van der Waals surface area contributed by atoms with Gasteiger partial charge in [-0.15, -0.1) is 0 Å². The van der Waals surface area contributed by atoms with Crippen LogP contribution in [0.5, 0.6) is 0 Å². The summed E-state index contributed by atoms with van der Waals surface area (Å²) in [5, 5.41) is 0.422. The van der Waals surface area contributed by atoms with Crippen molar-refractivity contribution >= 4 is 34.9 Å². The van der Waals surface area contributed by atoms with Gasteiger partial charge in [-0.05, 0) is 37.5 Å². The molecule has 1 aromatic heterocycles. The zero-order chi connectivity index (χ0) is 19.1. The van der Waals surface area contributed by atoms with E-state index in [2.05, 4.69) is 4.90 Å². The Morgan fingerprint density at radius 3 is 2.50 bits per heavy atom. The Morgan fingerprint density at radius 2 is 1.88 bits per heavy atom. The number of ketones is 2. The van der Waals surface area contributed by atoms with Gasteiger partial charge in [0.05, 0.1) is 17.3 Å². The van der Waals surface area contributed by atoms with Crippen LogP contribution < -0.4 is 0 Å². The number of halogens is 1. The highest BCUT2D eigenvalue weighted by Crippen LogP contribution is 2.21. The predicted molar refractivity (Wildman–Crippen MR) is 110 cm³/mol. The van der Waals surface area contributed by atoms with E-state index in [9.17, 15) is 9.59 Å². The number of carbonyl (C=O) groups excluding carboxylic acids is 2. The van der Waals surface area contributed by atoms with E-state index in [0.717, 1.165) is 18.8 Å². The van der Waals surface area contributed by atoms with Crippen molar-refractivity contribution in [3.05, 3.63) is 58.4 Å². The second-order valence-corrected chi connectivity index (χ2v) is 7.39. The van der Waals surface area contributed by atoms with E-state index in [1.165, 1.54) is 0 Å². The summed E-state index contributed by atoms with van der Waals surface area (Å²) >= 11 is 7.89. The molecule has 6 heteroatoms. The molecule has 0 radical (unpaired) electrons. The average Bonchev–Trinajstić information content (AvgIpc) is 3.08. The van der Waals surface area contributed by atoms with Crippen LogP contribution in [0.4, 0.5) is 0 Å². The van der Waals surface area contributed by atoms with Crippen LogP contribution in [0.25, 0.3) is 0 Å². The van der Waals surface area contributed by atoms with Crippen LogP contribution >= 0.6 is 23.4 Å². The Kier molecular flexibility index (Phi) is 7.94. The van der Waals surface area contributed by atoms with Crippen LogP contribution in [-0.4, -0.2) is 52.7 Å². The molecule has 140 valence electrons. The van der Waals surface area contributed by atoms with Crippen molar-refractivity contribution in [1.82, 2.24) is 9.47 Å². The van der Waals surface area contributed by atoms with E-state index in [4.69, 9.17) is 11.6 Å². The highest BCUT2D eigenvalue weighted by Gasteiger charge is 2.21. The molecule has 0 aliphatic rings. The van der Waals surface area contributed by atoms with Gasteiger partial charge in [0.15, 0.2) is 5.78 Å². The molecule has 0 bridgehead atoms. The normalized spacial score (nSPS) is 11.1. The number of rotatable bonds is 10. The lowest BCUT2D eigenvalue weighted by Gasteiger charge is -2.16. The molecule has 0 aliphatic heterocycles. The van der Waals surface area contributed by atoms with Crippen LogP contribution in [0, 0.1) is 0 Å². The molecule has 0 spiro atoms. The SMILES string of the molecule is CCN(CC)CC(=O)c1cc(C(=O)c2ccccc2Cl)n(CCSC)c1. The zero-order valence-electron chi connectivity index (χ0n) is 15.5. The average molecular weight is 393 g/mol. The molecule has 0 saturated heterocycles. The van der Waals surface area contributed by atoms with Gasteiger partial charge < -0.3 is 4.57 Å². The Hall–Kier alpha value is -1.56. The molecule has 1 aromatic carbocycles. The van der Waals surface area contributed by atoms with Gasteiger partial charge in [-0.1, -0.05) is 37.6 Å². The molecular formula is C20H25ClN2O2S. The van der Waals surface area contributed by atoms with Crippen molar-refractivity contribution in [2.75, 3.05) is 31.6 Å². The summed E-state index contributed by atoms with van der Waals surface area (Å²) in [5.74, 6) is 0.740. The summed E-state index contributed by atoms with van der Waals surface area (Å²) in [5.41, 5.74) is 1.55. The van der Waals surface area contributed by atoms with E-state index in [1.807, 2.05) is 24.7 Å². The van der Waals surface area contributed by atoms with Crippen LogP contribution in [0.15, 0.2) is 36.5 Å². The number of Topliss-reactive ketones (excluding diaryl/α,β-unsaturated/α-hetero) is 1. The first-order valence-electron chi connectivity index (χ1n) is 8.75. The third kappa shape index (κ3) is 5.00. The van der Waals surface area contributed by atoms with E-state index in [0.29, 0.717) is 34.9 Å². The number of benzene rings is 1.